The third-order valence-electron chi connectivity index (χ3n) is 3.62. The average Bonchev–Trinajstić information content (AvgIpc) is 2.63. The van der Waals surface area contributed by atoms with Crippen molar-refractivity contribution in [1.82, 2.24) is 10.6 Å². The van der Waals surface area contributed by atoms with Crippen LogP contribution in [0.25, 0.3) is 0 Å². The number of anilines is 1. The van der Waals surface area contributed by atoms with E-state index in [4.69, 9.17) is 0 Å². The summed E-state index contributed by atoms with van der Waals surface area (Å²) in [5.74, 6) is -3.43. The molecule has 27 heavy (non-hydrogen) atoms. The Morgan fingerprint density at radius 2 is 1.67 bits per heavy atom. The molecule has 2 rings (SSSR count). The molecular formula is C19H19F2N3O3. The van der Waals surface area contributed by atoms with Crippen LogP contribution in [0.2, 0.25) is 0 Å². The fourth-order valence-corrected chi connectivity index (χ4v) is 2.40. The number of halogens is 2. The van der Waals surface area contributed by atoms with Crippen molar-refractivity contribution in [2.45, 2.75) is 19.4 Å². The number of hydrogen-bond donors (Lipinski definition) is 3. The molecule has 142 valence electrons. The van der Waals surface area contributed by atoms with Crippen molar-refractivity contribution in [2.24, 2.45) is 0 Å². The van der Waals surface area contributed by atoms with Gasteiger partial charge in [0.25, 0.3) is 0 Å². The van der Waals surface area contributed by atoms with Crippen molar-refractivity contribution in [3.63, 3.8) is 0 Å². The van der Waals surface area contributed by atoms with Crippen LogP contribution in [0.3, 0.4) is 0 Å². The largest absolute Gasteiger partial charge is 0.349 e. The van der Waals surface area contributed by atoms with Gasteiger partial charge in [0, 0.05) is 18.7 Å². The number of hydrogen-bond acceptors (Lipinski definition) is 3. The van der Waals surface area contributed by atoms with Crippen molar-refractivity contribution in [2.75, 3.05) is 11.9 Å². The van der Waals surface area contributed by atoms with Gasteiger partial charge in [0.1, 0.15) is 0 Å². The first-order chi connectivity index (χ1) is 12.8. The van der Waals surface area contributed by atoms with E-state index in [1.807, 2.05) is 6.07 Å². The molecule has 0 aromatic heterocycles. The summed E-state index contributed by atoms with van der Waals surface area (Å²) in [6.07, 6.45) is -0.0535. The topological polar surface area (TPSA) is 87.3 Å². The molecule has 1 atom stereocenters. The SMILES string of the molecule is CC(=O)N[C@@H](CC(=O)NCC(=O)Nc1ccc(F)c(F)c1)c1ccccc1. The van der Waals surface area contributed by atoms with E-state index >= 15 is 0 Å². The molecule has 0 aliphatic rings. The third-order valence-corrected chi connectivity index (χ3v) is 3.62. The number of nitrogens with one attached hydrogen (secondary N) is 3. The Labute approximate surface area is 155 Å². The Balaban J connectivity index is 1.88. The van der Waals surface area contributed by atoms with Gasteiger partial charge in [-0.25, -0.2) is 8.78 Å². The van der Waals surface area contributed by atoms with Crippen LogP contribution >= 0.6 is 0 Å². The highest BCUT2D eigenvalue weighted by molar-refractivity contribution is 5.94. The van der Waals surface area contributed by atoms with Crippen molar-refractivity contribution >= 4 is 23.4 Å². The highest BCUT2D eigenvalue weighted by Gasteiger charge is 2.17. The maximum Gasteiger partial charge on any atom is 0.243 e. The molecule has 3 N–H and O–H groups in total. The van der Waals surface area contributed by atoms with Gasteiger partial charge in [0.2, 0.25) is 17.7 Å². The molecule has 0 aliphatic heterocycles. The first-order valence-electron chi connectivity index (χ1n) is 8.19. The minimum Gasteiger partial charge on any atom is -0.349 e. The predicted molar refractivity (Wildman–Crippen MR) is 95.6 cm³/mol. The zero-order valence-corrected chi connectivity index (χ0v) is 14.6. The van der Waals surface area contributed by atoms with Crippen LogP contribution in [-0.4, -0.2) is 24.3 Å². The smallest absolute Gasteiger partial charge is 0.243 e. The quantitative estimate of drug-likeness (QED) is 0.694. The second-order valence-electron chi connectivity index (χ2n) is 5.82. The molecule has 0 fully saturated rings. The average molecular weight is 375 g/mol. The molecule has 8 heteroatoms. The van der Waals surface area contributed by atoms with Gasteiger partial charge >= 0.3 is 0 Å². The van der Waals surface area contributed by atoms with Gasteiger partial charge in [-0.15, -0.1) is 0 Å². The lowest BCUT2D eigenvalue weighted by Crippen LogP contribution is -2.36. The molecule has 0 saturated carbocycles. The Morgan fingerprint density at radius 1 is 0.963 bits per heavy atom. The second kappa shape index (κ2) is 9.42. The number of carbonyl (C=O) groups excluding carboxylic acids is 3. The first kappa shape index (κ1) is 20.0. The zero-order valence-electron chi connectivity index (χ0n) is 14.6. The van der Waals surface area contributed by atoms with E-state index in [1.54, 1.807) is 24.3 Å². The van der Waals surface area contributed by atoms with Crippen molar-refractivity contribution in [3.05, 3.63) is 65.7 Å². The lowest BCUT2D eigenvalue weighted by atomic mass is 10.0. The summed E-state index contributed by atoms with van der Waals surface area (Å²) in [6, 6.07) is 11.4. The molecule has 6 nitrogen and oxygen atoms in total. The minimum absolute atomic E-state index is 0.0535. The van der Waals surface area contributed by atoms with Crippen LogP contribution in [0.1, 0.15) is 24.9 Å². The summed E-state index contributed by atoms with van der Waals surface area (Å²) in [7, 11) is 0. The van der Waals surface area contributed by atoms with Gasteiger partial charge in [-0.1, -0.05) is 30.3 Å². The predicted octanol–water partition coefficient (Wildman–Crippen LogP) is 2.29. The van der Waals surface area contributed by atoms with E-state index in [1.165, 1.54) is 13.0 Å². The summed E-state index contributed by atoms with van der Waals surface area (Å²) in [6.45, 7) is 1.00. The summed E-state index contributed by atoms with van der Waals surface area (Å²) in [5.41, 5.74) is 0.836. The van der Waals surface area contributed by atoms with Crippen LogP contribution in [-0.2, 0) is 14.4 Å². The molecule has 0 bridgehead atoms. The summed E-state index contributed by atoms with van der Waals surface area (Å²) in [4.78, 5) is 35.3. The van der Waals surface area contributed by atoms with E-state index < -0.39 is 29.5 Å². The zero-order chi connectivity index (χ0) is 19.8. The molecule has 0 saturated heterocycles. The summed E-state index contributed by atoms with van der Waals surface area (Å²) in [5, 5.41) is 7.47. The van der Waals surface area contributed by atoms with Gasteiger partial charge in [0.15, 0.2) is 11.6 Å². The molecular weight excluding hydrogens is 356 g/mol. The van der Waals surface area contributed by atoms with Crippen LogP contribution in [0.5, 0.6) is 0 Å². The fourth-order valence-electron chi connectivity index (χ4n) is 2.40. The number of benzene rings is 2. The molecule has 3 amide bonds. The van der Waals surface area contributed by atoms with Crippen LogP contribution in [0.4, 0.5) is 14.5 Å². The van der Waals surface area contributed by atoms with Crippen LogP contribution < -0.4 is 16.0 Å². The molecule has 0 heterocycles. The van der Waals surface area contributed by atoms with Gasteiger partial charge in [-0.2, -0.15) is 0 Å². The standard InChI is InChI=1S/C19H19F2N3O3/c1-12(25)23-17(13-5-3-2-4-6-13)10-18(26)22-11-19(27)24-14-7-8-15(20)16(21)9-14/h2-9,17H,10-11H2,1H3,(H,22,26)(H,23,25)(H,24,27)/t17-/m0/s1. The monoisotopic (exact) mass is 375 g/mol. The van der Waals surface area contributed by atoms with Crippen LogP contribution in [0.15, 0.2) is 48.5 Å². The first-order valence-corrected chi connectivity index (χ1v) is 8.19. The Hall–Kier alpha value is -3.29. The van der Waals surface area contributed by atoms with Gasteiger partial charge in [-0.05, 0) is 17.7 Å². The normalized spacial score (nSPS) is 11.4. The van der Waals surface area contributed by atoms with Crippen molar-refractivity contribution < 1.29 is 23.2 Å². The van der Waals surface area contributed by atoms with Crippen LogP contribution in [0, 0.1) is 11.6 Å². The Morgan fingerprint density at radius 3 is 2.30 bits per heavy atom. The molecule has 0 spiro atoms. The summed E-state index contributed by atoms with van der Waals surface area (Å²) < 4.78 is 26.0. The molecule has 0 aliphatic carbocycles. The number of amides is 3. The summed E-state index contributed by atoms with van der Waals surface area (Å²) >= 11 is 0. The second-order valence-corrected chi connectivity index (χ2v) is 5.82. The van der Waals surface area contributed by atoms with E-state index in [2.05, 4.69) is 16.0 Å². The number of carbonyl (C=O) groups is 3. The number of rotatable bonds is 7. The molecule has 0 unspecified atom stereocenters. The van der Waals surface area contributed by atoms with Crippen molar-refractivity contribution in [3.8, 4) is 0 Å². The lowest BCUT2D eigenvalue weighted by Gasteiger charge is -2.18. The van der Waals surface area contributed by atoms with Crippen molar-refractivity contribution in [1.29, 1.82) is 0 Å². The molecule has 2 aromatic rings. The maximum absolute atomic E-state index is 13.1. The highest BCUT2D eigenvalue weighted by atomic mass is 19.2. The fraction of sp³-hybridized carbons (Fsp3) is 0.211. The van der Waals surface area contributed by atoms with E-state index in [9.17, 15) is 23.2 Å². The van der Waals surface area contributed by atoms with E-state index in [0.29, 0.717) is 0 Å². The Kier molecular flexibility index (Phi) is 6.99. The Bertz CT molecular complexity index is 828. The molecule has 0 radical (unpaired) electrons. The minimum atomic E-state index is -1.09. The lowest BCUT2D eigenvalue weighted by molar-refractivity contribution is -0.125. The van der Waals surface area contributed by atoms with Gasteiger partial charge in [-0.3, -0.25) is 14.4 Å². The van der Waals surface area contributed by atoms with Gasteiger partial charge in [0.05, 0.1) is 19.0 Å². The van der Waals surface area contributed by atoms with Gasteiger partial charge < -0.3 is 16.0 Å². The molecule has 2 aromatic carbocycles. The highest BCUT2D eigenvalue weighted by Crippen LogP contribution is 2.16. The maximum atomic E-state index is 13.1. The van der Waals surface area contributed by atoms with E-state index in [-0.39, 0.29) is 24.6 Å². The van der Waals surface area contributed by atoms with E-state index in [0.717, 1.165) is 17.7 Å². The third kappa shape index (κ3) is 6.50.